The molecule has 0 aliphatic heterocycles. The second-order valence-corrected chi connectivity index (χ2v) is 7.04. The number of carboxylic acid groups (broad SMARTS) is 1. The van der Waals surface area contributed by atoms with Crippen molar-refractivity contribution in [1.29, 1.82) is 0 Å². The Hall–Kier alpha value is -3.13. The van der Waals surface area contributed by atoms with E-state index in [0.717, 1.165) is 16.7 Å². The van der Waals surface area contributed by atoms with Crippen molar-refractivity contribution in [3.05, 3.63) is 100.0 Å². The zero-order chi connectivity index (χ0) is 22.1. The van der Waals surface area contributed by atoms with E-state index in [4.69, 9.17) is 14.6 Å². The normalized spacial score (nSPS) is 17.6. The van der Waals surface area contributed by atoms with Crippen LogP contribution in [0.5, 0.6) is 0 Å². The highest BCUT2D eigenvalue weighted by Gasteiger charge is 2.40. The quantitative estimate of drug-likeness (QED) is 0.422. The molecule has 7 nitrogen and oxygen atoms in total. The van der Waals surface area contributed by atoms with Crippen LogP contribution >= 0.6 is 0 Å². The standard InChI is InChI=1S/C24H25NO6/c26-14-16-30-22-8-4-7-21(17-22)24(31-15-13-25-29,19-5-2-1-3-6-19)20-11-9-18(10-12-20)23(27)28/h1-12,22,26H,13-17H2,(H,27,28). The summed E-state index contributed by atoms with van der Waals surface area (Å²) in [5, 5.41) is 21.3. The molecule has 3 rings (SSSR count). The number of benzene rings is 2. The molecule has 0 spiro atoms. The maximum Gasteiger partial charge on any atom is 0.335 e. The lowest BCUT2D eigenvalue weighted by Crippen LogP contribution is -2.37. The van der Waals surface area contributed by atoms with Gasteiger partial charge in [-0.1, -0.05) is 65.9 Å². The van der Waals surface area contributed by atoms with Crippen LogP contribution in [0, 0.1) is 4.91 Å². The number of ether oxygens (including phenoxy) is 2. The van der Waals surface area contributed by atoms with Crippen LogP contribution in [0.4, 0.5) is 0 Å². The van der Waals surface area contributed by atoms with Gasteiger partial charge in [0, 0.05) is 6.42 Å². The van der Waals surface area contributed by atoms with Crippen LogP contribution in [0.1, 0.15) is 27.9 Å². The predicted molar refractivity (Wildman–Crippen MR) is 116 cm³/mol. The van der Waals surface area contributed by atoms with E-state index in [0.29, 0.717) is 6.42 Å². The predicted octanol–water partition coefficient (Wildman–Crippen LogP) is 3.68. The molecule has 2 N–H and O–H groups in total. The highest BCUT2D eigenvalue weighted by Crippen LogP contribution is 2.44. The van der Waals surface area contributed by atoms with Crippen molar-refractivity contribution in [1.82, 2.24) is 0 Å². The Kier molecular flexibility index (Phi) is 7.83. The highest BCUT2D eigenvalue weighted by molar-refractivity contribution is 5.87. The van der Waals surface area contributed by atoms with E-state index in [1.54, 1.807) is 12.1 Å². The Morgan fingerprint density at radius 3 is 2.42 bits per heavy atom. The molecule has 0 saturated carbocycles. The minimum Gasteiger partial charge on any atom is -0.478 e. The van der Waals surface area contributed by atoms with Crippen LogP contribution in [0.15, 0.2) is 83.6 Å². The van der Waals surface area contributed by atoms with Crippen molar-refractivity contribution in [2.75, 3.05) is 26.4 Å². The van der Waals surface area contributed by atoms with Crippen molar-refractivity contribution in [3.8, 4) is 0 Å². The van der Waals surface area contributed by atoms with Crippen LogP contribution in [-0.4, -0.2) is 48.7 Å². The fourth-order valence-corrected chi connectivity index (χ4v) is 3.78. The minimum atomic E-state index is -1.06. The lowest BCUT2D eigenvalue weighted by molar-refractivity contribution is 0.00133. The lowest BCUT2D eigenvalue weighted by Gasteiger charge is -2.39. The Morgan fingerprint density at radius 2 is 1.77 bits per heavy atom. The van der Waals surface area contributed by atoms with E-state index in [-0.39, 0.29) is 38.0 Å². The molecule has 2 aromatic carbocycles. The summed E-state index contributed by atoms with van der Waals surface area (Å²) in [7, 11) is 0. The first-order valence-electron chi connectivity index (χ1n) is 10.0. The smallest absolute Gasteiger partial charge is 0.335 e. The first-order chi connectivity index (χ1) is 15.1. The molecule has 2 unspecified atom stereocenters. The van der Waals surface area contributed by atoms with Gasteiger partial charge >= 0.3 is 5.97 Å². The summed E-state index contributed by atoms with van der Waals surface area (Å²) in [5.74, 6) is -1.01. The molecule has 1 aliphatic rings. The van der Waals surface area contributed by atoms with Crippen molar-refractivity contribution in [3.63, 3.8) is 0 Å². The number of aliphatic hydroxyl groups excluding tert-OH is 1. The fraction of sp³-hybridized carbons (Fsp3) is 0.292. The molecule has 2 atom stereocenters. The van der Waals surface area contributed by atoms with E-state index in [2.05, 4.69) is 5.18 Å². The molecular weight excluding hydrogens is 398 g/mol. The third kappa shape index (κ3) is 5.14. The summed E-state index contributed by atoms with van der Waals surface area (Å²) in [6, 6.07) is 16.1. The van der Waals surface area contributed by atoms with Gasteiger partial charge in [0.05, 0.1) is 31.5 Å². The number of nitrogens with zero attached hydrogens (tertiary/aromatic N) is 1. The Bertz CT molecular complexity index is 938. The van der Waals surface area contributed by atoms with Crippen LogP contribution in [0.25, 0.3) is 0 Å². The molecule has 0 saturated heterocycles. The molecule has 162 valence electrons. The van der Waals surface area contributed by atoms with Gasteiger partial charge in [-0.3, -0.25) is 0 Å². The number of carboxylic acids is 1. The average Bonchev–Trinajstić information content (AvgIpc) is 2.81. The SMILES string of the molecule is O=NCCOC(C1=CC=CC(OCCO)C1)(c1ccccc1)c1ccc(C(=O)O)cc1. The number of carbonyl (C=O) groups is 1. The molecule has 7 heteroatoms. The average molecular weight is 423 g/mol. The molecule has 0 bridgehead atoms. The van der Waals surface area contributed by atoms with Gasteiger partial charge < -0.3 is 19.7 Å². The number of allylic oxidation sites excluding steroid dienone is 2. The molecular formula is C24H25NO6. The van der Waals surface area contributed by atoms with E-state index in [1.165, 1.54) is 12.1 Å². The lowest BCUT2D eigenvalue weighted by atomic mass is 9.76. The van der Waals surface area contributed by atoms with Gasteiger partial charge in [0.15, 0.2) is 0 Å². The van der Waals surface area contributed by atoms with Crippen molar-refractivity contribution < 1.29 is 24.5 Å². The summed E-state index contributed by atoms with van der Waals surface area (Å²) in [6.07, 6.45) is 5.99. The number of rotatable bonds is 11. The summed E-state index contributed by atoms with van der Waals surface area (Å²) in [4.78, 5) is 22.1. The van der Waals surface area contributed by atoms with E-state index < -0.39 is 11.6 Å². The maximum atomic E-state index is 11.4. The van der Waals surface area contributed by atoms with E-state index in [9.17, 15) is 14.8 Å². The van der Waals surface area contributed by atoms with Gasteiger partial charge in [0.25, 0.3) is 0 Å². The number of aliphatic hydroxyl groups is 1. The third-order valence-electron chi connectivity index (χ3n) is 5.14. The van der Waals surface area contributed by atoms with Crippen LogP contribution in [0.2, 0.25) is 0 Å². The number of hydrogen-bond acceptors (Lipinski definition) is 6. The first-order valence-corrected chi connectivity index (χ1v) is 10.0. The largest absolute Gasteiger partial charge is 0.478 e. The molecule has 0 radical (unpaired) electrons. The van der Waals surface area contributed by atoms with E-state index in [1.807, 2.05) is 48.6 Å². The first kappa shape index (κ1) is 22.6. The summed E-state index contributed by atoms with van der Waals surface area (Å²) >= 11 is 0. The van der Waals surface area contributed by atoms with E-state index >= 15 is 0 Å². The number of aromatic carboxylic acids is 1. The van der Waals surface area contributed by atoms with Crippen LogP contribution in [-0.2, 0) is 15.1 Å². The van der Waals surface area contributed by atoms with Crippen molar-refractivity contribution in [2.45, 2.75) is 18.1 Å². The summed E-state index contributed by atoms with van der Waals surface area (Å²) < 4.78 is 12.1. The monoisotopic (exact) mass is 423 g/mol. The number of hydrogen-bond donors (Lipinski definition) is 2. The Balaban J connectivity index is 2.12. The molecule has 31 heavy (non-hydrogen) atoms. The second-order valence-electron chi connectivity index (χ2n) is 7.04. The number of nitroso groups, excluding NO2 is 1. The molecule has 1 aliphatic carbocycles. The second kappa shape index (κ2) is 10.8. The minimum absolute atomic E-state index is 0.0185. The Labute approximate surface area is 180 Å². The fourth-order valence-electron chi connectivity index (χ4n) is 3.78. The summed E-state index contributed by atoms with van der Waals surface area (Å²) in [5.41, 5.74) is 1.57. The van der Waals surface area contributed by atoms with Gasteiger partial charge in [-0.2, -0.15) is 4.91 Å². The summed E-state index contributed by atoms with van der Waals surface area (Å²) in [6.45, 7) is 0.201. The van der Waals surface area contributed by atoms with Gasteiger partial charge in [-0.05, 0) is 28.8 Å². The Morgan fingerprint density at radius 1 is 1.06 bits per heavy atom. The maximum absolute atomic E-state index is 11.4. The van der Waals surface area contributed by atoms with Crippen molar-refractivity contribution >= 4 is 5.97 Å². The van der Waals surface area contributed by atoms with Gasteiger partial charge in [-0.25, -0.2) is 4.79 Å². The van der Waals surface area contributed by atoms with Gasteiger partial charge in [0.2, 0.25) is 0 Å². The molecule has 0 amide bonds. The van der Waals surface area contributed by atoms with Crippen LogP contribution in [0.3, 0.4) is 0 Å². The molecule has 0 fully saturated rings. The highest BCUT2D eigenvalue weighted by atomic mass is 16.5. The third-order valence-corrected chi connectivity index (χ3v) is 5.14. The molecule has 2 aromatic rings. The zero-order valence-electron chi connectivity index (χ0n) is 17.0. The topological polar surface area (TPSA) is 105 Å². The molecule has 0 aromatic heterocycles. The van der Waals surface area contributed by atoms with Crippen LogP contribution < -0.4 is 0 Å². The zero-order valence-corrected chi connectivity index (χ0v) is 17.0. The molecule has 0 heterocycles. The van der Waals surface area contributed by atoms with Crippen molar-refractivity contribution in [2.24, 2.45) is 5.18 Å². The van der Waals surface area contributed by atoms with Gasteiger partial charge in [-0.15, -0.1) is 0 Å². The van der Waals surface area contributed by atoms with Gasteiger partial charge in [0.1, 0.15) is 12.1 Å².